The smallest absolute Gasteiger partial charge is 0.243 e. The van der Waals surface area contributed by atoms with E-state index < -0.39 is 15.4 Å². The van der Waals surface area contributed by atoms with Crippen molar-refractivity contribution in [3.8, 4) is 17.0 Å². The van der Waals surface area contributed by atoms with E-state index in [9.17, 15) is 18.3 Å². The first-order chi connectivity index (χ1) is 18.6. The monoisotopic (exact) mass is 553 g/mol. The maximum atomic E-state index is 13.5. The molecule has 3 aliphatic rings. The molecule has 2 fully saturated rings. The zero-order valence-electron chi connectivity index (χ0n) is 22.2. The van der Waals surface area contributed by atoms with Crippen molar-refractivity contribution in [1.29, 1.82) is 0 Å². The Balaban J connectivity index is 0.00000161. The number of nitrogens with zero attached hydrogens (tertiary/aromatic N) is 2. The topological polar surface area (TPSA) is 109 Å². The van der Waals surface area contributed by atoms with Crippen LogP contribution in [0.1, 0.15) is 54.9 Å². The summed E-state index contributed by atoms with van der Waals surface area (Å²) in [5, 5.41) is 12.6. The molecular formula is C30H39N3O5S. The van der Waals surface area contributed by atoms with E-state index in [1.807, 2.05) is 24.3 Å². The molecule has 3 aromatic rings. The van der Waals surface area contributed by atoms with E-state index in [1.165, 1.54) is 4.31 Å². The number of hydrogen-bond donors (Lipinski definition) is 2. The van der Waals surface area contributed by atoms with E-state index in [1.54, 1.807) is 30.3 Å². The maximum absolute atomic E-state index is 13.5. The highest BCUT2D eigenvalue weighted by Gasteiger charge is 2.52. The molecule has 9 heteroatoms. The van der Waals surface area contributed by atoms with Gasteiger partial charge in [-0.1, -0.05) is 44.2 Å². The van der Waals surface area contributed by atoms with Crippen molar-refractivity contribution in [3.05, 3.63) is 71.8 Å². The molecule has 1 aliphatic carbocycles. The molecule has 2 aliphatic heterocycles. The quantitative estimate of drug-likeness (QED) is 0.428. The van der Waals surface area contributed by atoms with Crippen molar-refractivity contribution in [2.24, 2.45) is 0 Å². The van der Waals surface area contributed by atoms with Crippen LogP contribution < -0.4 is 10.1 Å². The number of benzene rings is 2. The molecule has 1 atom stereocenters. The summed E-state index contributed by atoms with van der Waals surface area (Å²) in [7, 11) is -3.68. The van der Waals surface area contributed by atoms with Crippen LogP contribution in [-0.2, 0) is 25.6 Å². The molecule has 210 valence electrons. The minimum absolute atomic E-state index is 0. The number of anilines is 1. The Kier molecular flexibility index (Phi) is 6.28. The number of carbonyl (C=O) groups excluding carboxylic acids is 1. The highest BCUT2D eigenvalue weighted by atomic mass is 32.2. The first-order valence-electron chi connectivity index (χ1n) is 13.4. The predicted octanol–water partition coefficient (Wildman–Crippen LogP) is 4.97. The number of pyridine rings is 1. The number of amides is 1. The number of fused-ring (bicyclic) bond motifs is 1. The lowest BCUT2D eigenvalue weighted by Gasteiger charge is -2.22. The summed E-state index contributed by atoms with van der Waals surface area (Å²) in [5.41, 5.74) is 2.87. The second-order valence-electron chi connectivity index (χ2n) is 11.4. The van der Waals surface area contributed by atoms with Crippen molar-refractivity contribution in [2.45, 2.75) is 61.3 Å². The van der Waals surface area contributed by atoms with Crippen LogP contribution in [-0.4, -0.2) is 54.5 Å². The van der Waals surface area contributed by atoms with Gasteiger partial charge in [0.25, 0.3) is 0 Å². The van der Waals surface area contributed by atoms with Gasteiger partial charge in [-0.15, -0.1) is 0 Å². The van der Waals surface area contributed by atoms with E-state index in [2.05, 4.69) is 30.2 Å². The summed E-state index contributed by atoms with van der Waals surface area (Å²) in [5.74, 6) is 1.27. The second-order valence-corrected chi connectivity index (χ2v) is 13.3. The average Bonchev–Trinajstić information content (AvgIpc) is 3.50. The molecule has 8 nitrogen and oxygen atoms in total. The van der Waals surface area contributed by atoms with Crippen LogP contribution in [0.15, 0.2) is 65.6 Å². The molecule has 0 bridgehead atoms. The summed E-state index contributed by atoms with van der Waals surface area (Å²) in [6.45, 7) is 5.17. The van der Waals surface area contributed by atoms with Crippen molar-refractivity contribution in [2.75, 3.05) is 25.1 Å². The fraction of sp³-hybridized carbons (Fsp3) is 0.400. The normalized spacial score (nSPS) is 21.3. The van der Waals surface area contributed by atoms with Gasteiger partial charge in [0, 0.05) is 33.4 Å². The van der Waals surface area contributed by atoms with Crippen LogP contribution in [0.5, 0.6) is 5.75 Å². The molecule has 1 amide bonds. The Hall–Kier alpha value is -3.27. The molecular weight excluding hydrogens is 514 g/mol. The van der Waals surface area contributed by atoms with Gasteiger partial charge in [-0.05, 0) is 61.6 Å². The fourth-order valence-corrected chi connectivity index (χ4v) is 7.42. The van der Waals surface area contributed by atoms with Crippen LogP contribution >= 0.6 is 0 Å². The van der Waals surface area contributed by atoms with E-state index >= 15 is 0 Å². The zero-order chi connectivity index (χ0) is 27.4. The molecule has 2 aromatic carbocycles. The number of aromatic nitrogens is 1. The number of aliphatic hydroxyl groups excluding tert-OH is 1. The van der Waals surface area contributed by atoms with Crippen molar-refractivity contribution in [3.63, 3.8) is 0 Å². The predicted molar refractivity (Wildman–Crippen MR) is 155 cm³/mol. The van der Waals surface area contributed by atoms with Gasteiger partial charge < -0.3 is 15.2 Å². The van der Waals surface area contributed by atoms with Crippen LogP contribution in [0.4, 0.5) is 5.82 Å². The molecule has 1 saturated heterocycles. The highest BCUT2D eigenvalue weighted by Crippen LogP contribution is 2.51. The maximum Gasteiger partial charge on any atom is 0.243 e. The number of nitrogens with one attached hydrogen (secondary N) is 1. The summed E-state index contributed by atoms with van der Waals surface area (Å²) >= 11 is 0. The van der Waals surface area contributed by atoms with Gasteiger partial charge in [0.15, 0.2) is 0 Å². The van der Waals surface area contributed by atoms with Gasteiger partial charge in [0.2, 0.25) is 15.9 Å². The lowest BCUT2D eigenvalue weighted by atomic mass is 9.83. The van der Waals surface area contributed by atoms with Gasteiger partial charge in [0.1, 0.15) is 11.6 Å². The molecule has 39 heavy (non-hydrogen) atoms. The van der Waals surface area contributed by atoms with Crippen molar-refractivity contribution < 1.29 is 27.3 Å². The number of carbonyl (C=O) groups is 1. The molecule has 2 N–H and O–H groups in total. The standard InChI is InChI=1S/C30H33N3O5S.3H2/c1-29(2)19-38-26-13-10-21(17-24(26)29)30(14-15-30)28(35)32-27-7-3-6-25(31-27)20-8-11-23(12-9-20)39(36,37)33-16-4-5-22(33)18-34;;;/h3,6-13,17,22,34H,4-5,14-16,18-19H2,1-2H3,(H,31,32,35);3*1H/t22-;;;/m1.../s1. The number of sulfonamides is 1. The summed E-state index contributed by atoms with van der Waals surface area (Å²) < 4.78 is 33.4. The molecule has 1 aromatic heterocycles. The van der Waals surface area contributed by atoms with E-state index in [4.69, 9.17) is 4.74 Å². The van der Waals surface area contributed by atoms with E-state index in [0.717, 1.165) is 41.7 Å². The third kappa shape index (κ3) is 4.52. The number of rotatable bonds is 7. The summed E-state index contributed by atoms with van der Waals surface area (Å²) in [6.07, 6.45) is 2.97. The third-order valence-corrected chi connectivity index (χ3v) is 10.3. The molecule has 3 heterocycles. The van der Waals surface area contributed by atoms with Gasteiger partial charge in [-0.3, -0.25) is 4.79 Å². The van der Waals surface area contributed by atoms with Crippen LogP contribution in [0.3, 0.4) is 0 Å². The minimum atomic E-state index is -3.68. The zero-order valence-corrected chi connectivity index (χ0v) is 23.0. The Labute approximate surface area is 233 Å². The van der Waals surface area contributed by atoms with Gasteiger partial charge in [-0.2, -0.15) is 4.31 Å². The molecule has 1 saturated carbocycles. The molecule has 6 rings (SSSR count). The van der Waals surface area contributed by atoms with Crippen molar-refractivity contribution >= 4 is 21.7 Å². The summed E-state index contributed by atoms with van der Waals surface area (Å²) in [4.78, 5) is 18.3. The SMILES string of the molecule is CC1(C)COc2ccc(C3(C(=O)Nc4cccc(-c5ccc(S(=O)(=O)N6CCC[C@@H]6CO)cc5)n4)CC3)cc21.[HH].[HH].[HH]. The van der Waals surface area contributed by atoms with E-state index in [0.29, 0.717) is 31.1 Å². The fourth-order valence-electron chi connectivity index (χ4n) is 5.73. The Morgan fingerprint density at radius 1 is 1.15 bits per heavy atom. The van der Waals surface area contributed by atoms with Crippen molar-refractivity contribution in [1.82, 2.24) is 9.29 Å². The molecule has 0 spiro atoms. The number of ether oxygens (including phenoxy) is 1. The lowest BCUT2D eigenvalue weighted by molar-refractivity contribution is -0.118. The second kappa shape index (κ2) is 9.43. The Morgan fingerprint density at radius 3 is 2.64 bits per heavy atom. The molecule has 0 unspecified atom stereocenters. The number of hydrogen-bond acceptors (Lipinski definition) is 6. The Morgan fingerprint density at radius 2 is 1.92 bits per heavy atom. The summed E-state index contributed by atoms with van der Waals surface area (Å²) in [6, 6.07) is 17.7. The third-order valence-electron chi connectivity index (χ3n) is 8.32. The number of aliphatic hydroxyl groups is 1. The van der Waals surface area contributed by atoms with Crippen LogP contribution in [0.25, 0.3) is 11.3 Å². The highest BCUT2D eigenvalue weighted by molar-refractivity contribution is 7.89. The van der Waals surface area contributed by atoms with Crippen LogP contribution in [0, 0.1) is 0 Å². The average molecular weight is 554 g/mol. The largest absolute Gasteiger partial charge is 0.492 e. The first kappa shape index (κ1) is 26.0. The van der Waals surface area contributed by atoms with Gasteiger partial charge in [0.05, 0.1) is 29.2 Å². The van der Waals surface area contributed by atoms with Gasteiger partial charge in [-0.25, -0.2) is 13.4 Å². The Bertz CT molecular complexity index is 1550. The first-order valence-corrected chi connectivity index (χ1v) is 14.9. The molecule has 0 radical (unpaired) electrons. The lowest BCUT2D eigenvalue weighted by Crippen LogP contribution is -2.37. The van der Waals surface area contributed by atoms with Crippen LogP contribution in [0.2, 0.25) is 0 Å². The van der Waals surface area contributed by atoms with E-state index in [-0.39, 0.29) is 33.1 Å². The minimum Gasteiger partial charge on any atom is -0.492 e. The van der Waals surface area contributed by atoms with Gasteiger partial charge >= 0.3 is 0 Å².